The second-order valence-electron chi connectivity index (χ2n) is 3.51. The van der Waals surface area contributed by atoms with Crippen molar-refractivity contribution in [1.82, 2.24) is 0 Å². The summed E-state index contributed by atoms with van der Waals surface area (Å²) in [4.78, 5) is 10.5. The van der Waals surface area contributed by atoms with E-state index in [9.17, 15) is 9.90 Å². The molecular formula is C11H15O3S-. The molecule has 0 saturated heterocycles. The second-order valence-corrected chi connectivity index (χ2v) is 4.94. The van der Waals surface area contributed by atoms with Gasteiger partial charge in [-0.1, -0.05) is 13.8 Å². The SMILES string of the molecule is CC[C@@H](C)SCc1cc(C(=O)[O-])oc1C. The number of carbonyl (C=O) groups excluding carboxylic acids is 1. The van der Waals surface area contributed by atoms with Crippen LogP contribution in [0.3, 0.4) is 0 Å². The zero-order valence-corrected chi connectivity index (χ0v) is 10.0. The average Bonchev–Trinajstić information content (AvgIpc) is 2.56. The number of furan rings is 1. The molecule has 0 aliphatic carbocycles. The first-order valence-electron chi connectivity index (χ1n) is 4.96. The van der Waals surface area contributed by atoms with Crippen molar-refractivity contribution in [3.63, 3.8) is 0 Å². The molecule has 15 heavy (non-hydrogen) atoms. The molecule has 0 fully saturated rings. The van der Waals surface area contributed by atoms with Crippen LogP contribution in [-0.2, 0) is 5.75 Å². The van der Waals surface area contributed by atoms with Gasteiger partial charge < -0.3 is 14.3 Å². The van der Waals surface area contributed by atoms with Gasteiger partial charge in [0.05, 0.1) is 0 Å². The molecule has 0 aliphatic heterocycles. The van der Waals surface area contributed by atoms with E-state index in [1.165, 1.54) is 0 Å². The summed E-state index contributed by atoms with van der Waals surface area (Å²) in [6.45, 7) is 6.06. The molecule has 1 aromatic heterocycles. The maximum atomic E-state index is 10.5. The fraction of sp³-hybridized carbons (Fsp3) is 0.545. The van der Waals surface area contributed by atoms with Gasteiger partial charge in [0, 0.05) is 16.6 Å². The van der Waals surface area contributed by atoms with Crippen LogP contribution in [-0.4, -0.2) is 11.2 Å². The molecule has 1 heterocycles. The largest absolute Gasteiger partial charge is 0.542 e. The highest BCUT2D eigenvalue weighted by Crippen LogP contribution is 2.23. The Bertz CT molecular complexity index is 344. The normalized spacial score (nSPS) is 12.7. The van der Waals surface area contributed by atoms with Crippen LogP contribution in [0, 0.1) is 6.92 Å². The van der Waals surface area contributed by atoms with Gasteiger partial charge in [0.25, 0.3) is 0 Å². The molecule has 0 bridgehead atoms. The molecular weight excluding hydrogens is 212 g/mol. The molecule has 84 valence electrons. The molecule has 1 atom stereocenters. The number of hydrogen-bond acceptors (Lipinski definition) is 4. The summed E-state index contributed by atoms with van der Waals surface area (Å²) < 4.78 is 5.07. The Kier molecular flexibility index (Phi) is 4.27. The fourth-order valence-electron chi connectivity index (χ4n) is 1.11. The average molecular weight is 227 g/mol. The summed E-state index contributed by atoms with van der Waals surface area (Å²) in [5.74, 6) is 0.132. The number of rotatable bonds is 5. The van der Waals surface area contributed by atoms with E-state index in [0.29, 0.717) is 11.0 Å². The maximum absolute atomic E-state index is 10.5. The third-order valence-corrected chi connectivity index (χ3v) is 3.70. The monoisotopic (exact) mass is 227 g/mol. The van der Waals surface area contributed by atoms with Crippen LogP contribution in [0.2, 0.25) is 0 Å². The Balaban J connectivity index is 2.65. The minimum Gasteiger partial charge on any atom is -0.542 e. The molecule has 0 aliphatic rings. The number of aryl methyl sites for hydroxylation is 1. The molecule has 0 aromatic carbocycles. The first-order chi connectivity index (χ1) is 7.04. The van der Waals surface area contributed by atoms with Crippen molar-refractivity contribution < 1.29 is 14.3 Å². The van der Waals surface area contributed by atoms with Crippen molar-refractivity contribution in [3.8, 4) is 0 Å². The molecule has 0 radical (unpaired) electrons. The van der Waals surface area contributed by atoms with Crippen molar-refractivity contribution in [2.24, 2.45) is 0 Å². The van der Waals surface area contributed by atoms with Gasteiger partial charge in [-0.2, -0.15) is 11.8 Å². The highest BCUT2D eigenvalue weighted by atomic mass is 32.2. The quantitative estimate of drug-likeness (QED) is 0.772. The van der Waals surface area contributed by atoms with Gasteiger partial charge in [-0.05, 0) is 19.4 Å². The zero-order valence-electron chi connectivity index (χ0n) is 9.20. The van der Waals surface area contributed by atoms with Gasteiger partial charge in [-0.15, -0.1) is 0 Å². The van der Waals surface area contributed by atoms with E-state index in [1.807, 2.05) is 0 Å². The summed E-state index contributed by atoms with van der Waals surface area (Å²) in [6.07, 6.45) is 1.11. The van der Waals surface area contributed by atoms with Crippen LogP contribution in [0.5, 0.6) is 0 Å². The van der Waals surface area contributed by atoms with Crippen LogP contribution < -0.4 is 5.11 Å². The summed E-state index contributed by atoms with van der Waals surface area (Å²) in [5, 5.41) is 11.1. The minimum absolute atomic E-state index is 0.0766. The Hall–Kier alpha value is -0.900. The van der Waals surface area contributed by atoms with Crippen LogP contribution in [0.15, 0.2) is 10.5 Å². The lowest BCUT2D eigenvalue weighted by molar-refractivity contribution is -0.257. The van der Waals surface area contributed by atoms with Gasteiger partial charge in [-0.25, -0.2) is 0 Å². The molecule has 1 rings (SSSR count). The van der Waals surface area contributed by atoms with Crippen LogP contribution >= 0.6 is 11.8 Å². The molecule has 0 amide bonds. The van der Waals surface area contributed by atoms with Crippen molar-refractivity contribution in [2.75, 3.05) is 0 Å². The van der Waals surface area contributed by atoms with E-state index < -0.39 is 5.97 Å². The Morgan fingerprint density at radius 1 is 1.67 bits per heavy atom. The third kappa shape index (κ3) is 3.30. The predicted molar refractivity (Wildman–Crippen MR) is 58.8 cm³/mol. The Labute approximate surface area is 93.9 Å². The molecule has 1 aromatic rings. The molecule has 0 unspecified atom stereocenters. The predicted octanol–water partition coefficient (Wildman–Crippen LogP) is 1.98. The van der Waals surface area contributed by atoms with Crippen molar-refractivity contribution in [1.29, 1.82) is 0 Å². The Morgan fingerprint density at radius 2 is 2.33 bits per heavy atom. The number of thioether (sulfide) groups is 1. The summed E-state index contributed by atoms with van der Waals surface area (Å²) in [6, 6.07) is 1.56. The number of carboxylic acid groups (broad SMARTS) is 1. The maximum Gasteiger partial charge on any atom is 0.150 e. The second kappa shape index (κ2) is 5.26. The number of hydrogen-bond donors (Lipinski definition) is 0. The summed E-state index contributed by atoms with van der Waals surface area (Å²) >= 11 is 1.80. The lowest BCUT2D eigenvalue weighted by atomic mass is 10.3. The van der Waals surface area contributed by atoms with E-state index in [0.717, 1.165) is 17.7 Å². The standard InChI is InChI=1S/C11H16O3S/c1-4-7(2)15-6-9-5-10(11(12)13)14-8(9)3/h5,7H,4,6H2,1-3H3,(H,12,13)/p-1/t7-/m1/s1. The molecule has 0 saturated carbocycles. The molecule has 0 spiro atoms. The van der Waals surface area contributed by atoms with E-state index in [1.54, 1.807) is 24.8 Å². The molecule has 0 N–H and O–H groups in total. The lowest BCUT2D eigenvalue weighted by Crippen LogP contribution is -2.21. The van der Waals surface area contributed by atoms with Crippen molar-refractivity contribution in [3.05, 3.63) is 23.2 Å². The first kappa shape index (κ1) is 12.2. The smallest absolute Gasteiger partial charge is 0.150 e. The van der Waals surface area contributed by atoms with E-state index in [2.05, 4.69) is 13.8 Å². The summed E-state index contributed by atoms with van der Waals surface area (Å²) in [7, 11) is 0. The van der Waals surface area contributed by atoms with Gasteiger partial charge in [0.2, 0.25) is 0 Å². The van der Waals surface area contributed by atoms with Gasteiger partial charge >= 0.3 is 0 Å². The van der Waals surface area contributed by atoms with Gasteiger partial charge in [-0.3, -0.25) is 0 Å². The zero-order chi connectivity index (χ0) is 11.4. The lowest BCUT2D eigenvalue weighted by Gasteiger charge is -2.06. The number of carboxylic acids is 1. The number of carbonyl (C=O) groups is 1. The topological polar surface area (TPSA) is 53.3 Å². The third-order valence-electron chi connectivity index (χ3n) is 2.32. The Morgan fingerprint density at radius 3 is 2.80 bits per heavy atom. The van der Waals surface area contributed by atoms with Gasteiger partial charge in [0.1, 0.15) is 17.5 Å². The summed E-state index contributed by atoms with van der Waals surface area (Å²) in [5.41, 5.74) is 0.944. The molecule has 4 heteroatoms. The van der Waals surface area contributed by atoms with Crippen molar-refractivity contribution >= 4 is 17.7 Å². The fourth-order valence-corrected chi connectivity index (χ4v) is 2.10. The number of aromatic carboxylic acids is 1. The van der Waals surface area contributed by atoms with Crippen LogP contribution in [0.25, 0.3) is 0 Å². The minimum atomic E-state index is -1.25. The van der Waals surface area contributed by atoms with E-state index in [-0.39, 0.29) is 5.76 Å². The van der Waals surface area contributed by atoms with Gasteiger partial charge in [0.15, 0.2) is 0 Å². The highest BCUT2D eigenvalue weighted by molar-refractivity contribution is 7.99. The molecule has 3 nitrogen and oxygen atoms in total. The van der Waals surface area contributed by atoms with E-state index in [4.69, 9.17) is 4.42 Å². The highest BCUT2D eigenvalue weighted by Gasteiger charge is 2.09. The van der Waals surface area contributed by atoms with Crippen LogP contribution in [0.1, 0.15) is 42.1 Å². The van der Waals surface area contributed by atoms with E-state index >= 15 is 0 Å². The van der Waals surface area contributed by atoms with Crippen LogP contribution in [0.4, 0.5) is 0 Å². The first-order valence-corrected chi connectivity index (χ1v) is 6.01. The van der Waals surface area contributed by atoms with Crippen molar-refractivity contribution in [2.45, 2.75) is 38.2 Å².